The van der Waals surface area contributed by atoms with Crippen molar-refractivity contribution in [2.75, 3.05) is 14.2 Å². The van der Waals surface area contributed by atoms with Crippen molar-refractivity contribution in [1.29, 1.82) is 0 Å². The lowest BCUT2D eigenvalue weighted by atomic mass is 10.0. The van der Waals surface area contributed by atoms with Crippen LogP contribution in [0.5, 0.6) is 11.5 Å². The van der Waals surface area contributed by atoms with Crippen LogP contribution in [0, 0.1) is 27.7 Å². The van der Waals surface area contributed by atoms with Crippen molar-refractivity contribution >= 4 is 23.8 Å². The van der Waals surface area contributed by atoms with Crippen molar-refractivity contribution in [1.82, 2.24) is 0 Å². The molecule has 164 valence electrons. The number of ether oxygens (including phenoxy) is 2. The molecular weight excluding hydrogens is 411 g/mol. The van der Waals surface area contributed by atoms with Gasteiger partial charge in [0.1, 0.15) is 11.5 Å². The van der Waals surface area contributed by atoms with Crippen LogP contribution in [-0.4, -0.2) is 14.2 Å². The molecule has 1 aliphatic rings. The molecule has 0 spiro atoms. The maximum absolute atomic E-state index is 5.67. The highest BCUT2D eigenvalue weighted by Gasteiger charge is 2.24. The molecule has 0 heterocycles. The zero-order valence-corrected chi connectivity index (χ0v) is 20.7. The van der Waals surface area contributed by atoms with Crippen LogP contribution in [-0.2, 0) is 0 Å². The predicted molar refractivity (Wildman–Crippen MR) is 138 cm³/mol. The first-order chi connectivity index (χ1) is 15.4. The van der Waals surface area contributed by atoms with Crippen molar-refractivity contribution in [2.45, 2.75) is 33.6 Å². The average Bonchev–Trinajstić information content (AvgIpc) is 3.29. The molecular formula is C29H31O2P. The molecule has 0 bridgehead atoms. The normalized spacial score (nSPS) is 13.2. The molecule has 3 aromatic rings. The van der Waals surface area contributed by atoms with Crippen LogP contribution in [0.15, 0.2) is 72.8 Å². The Hall–Kier alpha value is -2.83. The highest BCUT2D eigenvalue weighted by molar-refractivity contribution is 7.80. The lowest BCUT2D eigenvalue weighted by Crippen LogP contribution is -2.25. The lowest BCUT2D eigenvalue weighted by Gasteiger charge is -2.26. The van der Waals surface area contributed by atoms with Crippen molar-refractivity contribution in [2.24, 2.45) is 0 Å². The van der Waals surface area contributed by atoms with Crippen molar-refractivity contribution < 1.29 is 9.47 Å². The van der Waals surface area contributed by atoms with Gasteiger partial charge in [-0.05, 0) is 104 Å². The minimum absolute atomic E-state index is 0.317. The fourth-order valence-corrected chi connectivity index (χ4v) is 7.66. The molecule has 0 saturated carbocycles. The molecule has 0 N–H and O–H groups in total. The van der Waals surface area contributed by atoms with E-state index in [1.54, 1.807) is 14.2 Å². The van der Waals surface area contributed by atoms with Crippen molar-refractivity contribution in [3.05, 3.63) is 101 Å². The van der Waals surface area contributed by atoms with E-state index in [1.807, 2.05) is 0 Å². The number of rotatable bonds is 6. The number of benzene rings is 3. The summed E-state index contributed by atoms with van der Waals surface area (Å²) in [7, 11) is 2.74. The summed E-state index contributed by atoms with van der Waals surface area (Å²) in [5, 5.41) is 4.09. The second-order valence-electron chi connectivity index (χ2n) is 8.42. The van der Waals surface area contributed by atoms with Crippen molar-refractivity contribution in [3.8, 4) is 11.5 Å². The van der Waals surface area contributed by atoms with Gasteiger partial charge in [0.05, 0.1) is 14.2 Å². The Morgan fingerprint density at radius 2 is 1.09 bits per heavy atom. The second-order valence-corrected chi connectivity index (χ2v) is 10.6. The number of allylic oxidation sites excluding steroid dienone is 4. The fraction of sp³-hybridized carbons (Fsp3) is 0.241. The molecule has 4 rings (SSSR count). The molecule has 1 aliphatic carbocycles. The van der Waals surface area contributed by atoms with Gasteiger partial charge < -0.3 is 9.47 Å². The van der Waals surface area contributed by atoms with E-state index >= 15 is 0 Å². The Bertz CT molecular complexity index is 1090. The van der Waals surface area contributed by atoms with Crippen LogP contribution in [0.2, 0.25) is 0 Å². The van der Waals surface area contributed by atoms with Crippen LogP contribution in [0.1, 0.15) is 33.7 Å². The van der Waals surface area contributed by atoms with Crippen molar-refractivity contribution in [3.63, 3.8) is 0 Å². The van der Waals surface area contributed by atoms with Gasteiger partial charge in [0.25, 0.3) is 0 Å². The summed E-state index contributed by atoms with van der Waals surface area (Å²) in [5.74, 6) is 2.26. The summed E-state index contributed by atoms with van der Waals surface area (Å²) in [6.07, 6.45) is 8.85. The summed E-state index contributed by atoms with van der Waals surface area (Å²) < 4.78 is 11.3. The topological polar surface area (TPSA) is 18.5 Å². The summed E-state index contributed by atoms with van der Waals surface area (Å²) in [6, 6.07) is 18.2. The molecule has 2 nitrogen and oxygen atoms in total. The lowest BCUT2D eigenvalue weighted by molar-refractivity contribution is 0.408. The van der Waals surface area contributed by atoms with Gasteiger partial charge in [-0.25, -0.2) is 0 Å². The van der Waals surface area contributed by atoms with E-state index in [-0.39, 0.29) is 0 Å². The molecule has 0 atom stereocenters. The number of aryl methyl sites for hydroxylation is 4. The van der Waals surface area contributed by atoms with E-state index in [0.29, 0.717) is 5.92 Å². The Balaban J connectivity index is 1.98. The molecule has 3 heteroatoms. The minimum Gasteiger partial charge on any atom is -0.496 e. The molecule has 32 heavy (non-hydrogen) atoms. The molecule has 0 aromatic heterocycles. The Morgan fingerprint density at radius 3 is 1.53 bits per heavy atom. The van der Waals surface area contributed by atoms with Crippen LogP contribution >= 0.6 is 7.92 Å². The second kappa shape index (κ2) is 9.35. The fourth-order valence-electron chi connectivity index (χ4n) is 4.80. The van der Waals surface area contributed by atoms with Gasteiger partial charge in [0.2, 0.25) is 0 Å². The molecule has 0 aliphatic heterocycles. The first-order valence-corrected chi connectivity index (χ1v) is 12.3. The zero-order valence-electron chi connectivity index (χ0n) is 19.8. The Kier molecular flexibility index (Phi) is 6.53. The monoisotopic (exact) mass is 442 g/mol. The van der Waals surface area contributed by atoms with Gasteiger partial charge in [0.15, 0.2) is 0 Å². The van der Waals surface area contributed by atoms with E-state index in [9.17, 15) is 0 Å². The number of hydrogen-bond donors (Lipinski definition) is 0. The summed E-state index contributed by atoms with van der Waals surface area (Å²) in [4.78, 5) is 0. The third kappa shape index (κ3) is 4.12. The van der Waals surface area contributed by atoms with Gasteiger partial charge in [-0.2, -0.15) is 0 Å². The van der Waals surface area contributed by atoms with Gasteiger partial charge in [0, 0.05) is 5.92 Å². The zero-order chi connectivity index (χ0) is 22.8. The van der Waals surface area contributed by atoms with Crippen LogP contribution in [0.3, 0.4) is 0 Å². The van der Waals surface area contributed by atoms with Gasteiger partial charge in [-0.1, -0.05) is 48.6 Å². The Labute approximate surface area is 193 Å². The SMILES string of the molecule is COc1c(C)cc(P(c2cc(C)c(OC)c(C)c2)c2ccccc2C2C=CC=C2)cc1C. The quantitative estimate of drug-likeness (QED) is 0.442. The molecule has 0 unspecified atom stereocenters. The average molecular weight is 443 g/mol. The number of methoxy groups -OCH3 is 2. The standard InChI is InChI=1S/C29H31O2P/c1-19-15-24(16-20(2)28(19)30-5)32(25-17-21(3)29(31-6)22(4)18-25)27-14-10-9-13-26(27)23-11-7-8-12-23/h7-18,23H,1-6H3. The summed E-state index contributed by atoms with van der Waals surface area (Å²) in [6.45, 7) is 8.56. The van der Waals surface area contributed by atoms with Gasteiger partial charge >= 0.3 is 0 Å². The Morgan fingerprint density at radius 1 is 0.656 bits per heavy atom. The summed E-state index contributed by atoms with van der Waals surface area (Å²) >= 11 is 0. The van der Waals surface area contributed by atoms with Gasteiger partial charge in [-0.15, -0.1) is 0 Å². The third-order valence-corrected chi connectivity index (χ3v) is 8.54. The highest BCUT2D eigenvalue weighted by atomic mass is 31.1. The molecule has 0 fully saturated rings. The van der Waals surface area contributed by atoms with E-state index in [0.717, 1.165) is 11.5 Å². The maximum atomic E-state index is 5.67. The van der Waals surface area contributed by atoms with Gasteiger partial charge in [-0.3, -0.25) is 0 Å². The smallest absolute Gasteiger partial charge is 0.124 e. The maximum Gasteiger partial charge on any atom is 0.124 e. The largest absolute Gasteiger partial charge is 0.496 e. The van der Waals surface area contributed by atoms with E-state index in [4.69, 9.17) is 9.47 Å². The van der Waals surface area contributed by atoms with E-state index in [1.165, 1.54) is 43.7 Å². The third-order valence-electron chi connectivity index (χ3n) is 6.10. The number of hydrogen-bond acceptors (Lipinski definition) is 2. The minimum atomic E-state index is -0.761. The first kappa shape index (κ1) is 22.4. The molecule has 3 aromatic carbocycles. The highest BCUT2D eigenvalue weighted by Crippen LogP contribution is 2.40. The van der Waals surface area contributed by atoms with Crippen LogP contribution in [0.4, 0.5) is 0 Å². The first-order valence-electron chi connectivity index (χ1n) is 11.0. The summed E-state index contributed by atoms with van der Waals surface area (Å²) in [5.41, 5.74) is 6.08. The molecule has 0 radical (unpaired) electrons. The van der Waals surface area contributed by atoms with Crippen LogP contribution in [0.25, 0.3) is 0 Å². The van der Waals surface area contributed by atoms with Crippen LogP contribution < -0.4 is 25.4 Å². The molecule has 0 saturated heterocycles. The molecule has 0 amide bonds. The van der Waals surface area contributed by atoms with E-state index in [2.05, 4.69) is 101 Å². The predicted octanol–water partition coefficient (Wildman–Crippen LogP) is 5.91. The van der Waals surface area contributed by atoms with E-state index < -0.39 is 7.92 Å².